The van der Waals surface area contributed by atoms with E-state index in [1.807, 2.05) is 13.0 Å². The molecule has 0 saturated carbocycles. The van der Waals surface area contributed by atoms with E-state index in [4.69, 9.17) is 40.5 Å². The fourth-order valence-electron chi connectivity index (χ4n) is 1.16. The smallest absolute Gasteiger partial charge is 0.216 e. The summed E-state index contributed by atoms with van der Waals surface area (Å²) in [4.78, 5) is 0. The molecule has 14 heavy (non-hydrogen) atoms. The maximum absolute atomic E-state index is 5.79. The van der Waals surface area contributed by atoms with Crippen LogP contribution in [0.3, 0.4) is 0 Å². The number of aryl methyl sites for hydroxylation is 1. The summed E-state index contributed by atoms with van der Waals surface area (Å²) in [6.45, 7) is 2.43. The molecule has 77 valence electrons. The summed E-state index contributed by atoms with van der Waals surface area (Å²) in [5, 5.41) is 0. The van der Waals surface area contributed by atoms with Gasteiger partial charge in [0.05, 0.1) is 0 Å². The molecule has 0 amide bonds. The number of alkyl halides is 3. The van der Waals surface area contributed by atoms with Gasteiger partial charge < -0.3 is 5.73 Å². The van der Waals surface area contributed by atoms with Crippen LogP contribution in [0.15, 0.2) is 12.1 Å². The van der Waals surface area contributed by atoms with Gasteiger partial charge in [-0.15, -0.1) is 0 Å². The topological polar surface area (TPSA) is 26.0 Å². The average molecular weight is 252 g/mol. The van der Waals surface area contributed by atoms with Crippen molar-refractivity contribution in [3.63, 3.8) is 0 Å². The second-order valence-electron chi connectivity index (χ2n) is 2.97. The minimum Gasteiger partial charge on any atom is -0.326 e. The second kappa shape index (κ2) is 4.71. The summed E-state index contributed by atoms with van der Waals surface area (Å²) >= 11 is 17.4. The molecule has 0 unspecified atom stereocenters. The molecule has 0 atom stereocenters. The zero-order chi connectivity index (χ0) is 10.8. The molecule has 1 aromatic rings. The Morgan fingerprint density at radius 3 is 2.29 bits per heavy atom. The third-order valence-corrected chi connectivity index (χ3v) is 2.56. The van der Waals surface area contributed by atoms with Crippen molar-refractivity contribution in [3.8, 4) is 0 Å². The molecule has 0 aromatic heterocycles. The van der Waals surface area contributed by atoms with Crippen molar-refractivity contribution in [2.75, 3.05) is 0 Å². The van der Waals surface area contributed by atoms with Crippen molar-refractivity contribution in [1.29, 1.82) is 0 Å². The third-order valence-electron chi connectivity index (χ3n) is 1.91. The van der Waals surface area contributed by atoms with E-state index in [2.05, 4.69) is 6.07 Å². The average Bonchev–Trinajstić information content (AvgIpc) is 2.15. The highest BCUT2D eigenvalue weighted by Crippen LogP contribution is 2.38. The first kappa shape index (κ1) is 12.1. The third kappa shape index (κ3) is 3.03. The van der Waals surface area contributed by atoms with Crippen LogP contribution in [0.25, 0.3) is 0 Å². The lowest BCUT2D eigenvalue weighted by Crippen LogP contribution is -2.05. The number of hydrogen-bond acceptors (Lipinski definition) is 1. The predicted molar refractivity (Wildman–Crippen MR) is 61.8 cm³/mol. The molecule has 1 aromatic carbocycles. The Morgan fingerprint density at radius 1 is 1.29 bits per heavy atom. The standard InChI is InChI=1S/C10H11Cl3N/c1-2-7-3-8(6-14)5-9(4-7)10(11,12)13/h4-5H,2,6,14H2,1H3. The highest BCUT2D eigenvalue weighted by molar-refractivity contribution is 6.66. The normalized spacial score (nSPS) is 11.8. The molecule has 0 saturated heterocycles. The fourth-order valence-corrected chi connectivity index (χ4v) is 1.49. The van der Waals surface area contributed by atoms with Crippen LogP contribution < -0.4 is 5.73 Å². The molecule has 1 radical (unpaired) electrons. The van der Waals surface area contributed by atoms with Crippen LogP contribution in [0.1, 0.15) is 23.6 Å². The first-order valence-electron chi connectivity index (χ1n) is 4.29. The van der Waals surface area contributed by atoms with Crippen molar-refractivity contribution in [3.05, 3.63) is 34.9 Å². The van der Waals surface area contributed by atoms with E-state index in [0.29, 0.717) is 12.1 Å². The summed E-state index contributed by atoms with van der Waals surface area (Å²) < 4.78 is -1.39. The van der Waals surface area contributed by atoms with Gasteiger partial charge in [-0.25, -0.2) is 0 Å². The molecule has 0 heterocycles. The van der Waals surface area contributed by atoms with Gasteiger partial charge in [-0.3, -0.25) is 0 Å². The van der Waals surface area contributed by atoms with Gasteiger partial charge in [-0.1, -0.05) is 47.8 Å². The lowest BCUT2D eigenvalue weighted by Gasteiger charge is -2.13. The Morgan fingerprint density at radius 2 is 1.86 bits per heavy atom. The lowest BCUT2D eigenvalue weighted by atomic mass is 10.0. The fraction of sp³-hybridized carbons (Fsp3) is 0.400. The van der Waals surface area contributed by atoms with E-state index in [-0.39, 0.29) is 0 Å². The molecule has 4 heteroatoms. The molecule has 0 aliphatic rings. The number of rotatable bonds is 2. The summed E-state index contributed by atoms with van der Waals surface area (Å²) in [5.74, 6) is 0. The molecule has 0 fully saturated rings. The van der Waals surface area contributed by atoms with E-state index >= 15 is 0 Å². The Kier molecular flexibility index (Phi) is 4.08. The van der Waals surface area contributed by atoms with Crippen LogP contribution in [-0.2, 0) is 16.8 Å². The molecule has 0 aliphatic heterocycles. The zero-order valence-corrected chi connectivity index (χ0v) is 10.0. The maximum Gasteiger partial charge on any atom is 0.216 e. The van der Waals surface area contributed by atoms with Gasteiger partial charge in [0.25, 0.3) is 0 Å². The van der Waals surface area contributed by atoms with Crippen molar-refractivity contribution in [2.45, 2.75) is 23.7 Å². The molecule has 1 nitrogen and oxygen atoms in total. The predicted octanol–water partition coefficient (Wildman–Crippen LogP) is 3.33. The summed E-state index contributed by atoms with van der Waals surface area (Å²) in [6, 6.07) is 6.76. The minimum absolute atomic E-state index is 0.404. The van der Waals surface area contributed by atoms with Crippen LogP contribution in [0.2, 0.25) is 0 Å². The first-order valence-corrected chi connectivity index (χ1v) is 5.43. The number of hydrogen-bond donors (Lipinski definition) is 1. The molecule has 0 bridgehead atoms. The van der Waals surface area contributed by atoms with Crippen molar-refractivity contribution in [1.82, 2.24) is 0 Å². The highest BCUT2D eigenvalue weighted by atomic mass is 35.6. The van der Waals surface area contributed by atoms with Gasteiger partial charge in [0.1, 0.15) is 0 Å². The van der Waals surface area contributed by atoms with Crippen LogP contribution in [0.5, 0.6) is 0 Å². The Bertz CT molecular complexity index is 295. The number of halogens is 3. The SMILES string of the molecule is CCc1[c]c(CN)cc(C(Cl)(Cl)Cl)c1. The molecular weight excluding hydrogens is 240 g/mol. The van der Waals surface area contributed by atoms with Crippen molar-refractivity contribution >= 4 is 34.8 Å². The van der Waals surface area contributed by atoms with Crippen LogP contribution in [-0.4, -0.2) is 0 Å². The van der Waals surface area contributed by atoms with Gasteiger partial charge >= 0.3 is 0 Å². The zero-order valence-electron chi connectivity index (χ0n) is 7.78. The van der Waals surface area contributed by atoms with Crippen molar-refractivity contribution < 1.29 is 0 Å². The Labute approximate surface area is 99.1 Å². The van der Waals surface area contributed by atoms with E-state index < -0.39 is 3.79 Å². The van der Waals surface area contributed by atoms with Gasteiger partial charge in [-0.2, -0.15) is 0 Å². The van der Waals surface area contributed by atoms with Crippen LogP contribution in [0.4, 0.5) is 0 Å². The molecule has 1 rings (SSSR count). The lowest BCUT2D eigenvalue weighted by molar-refractivity contribution is 1.02. The van der Waals surface area contributed by atoms with Gasteiger partial charge in [-0.05, 0) is 29.7 Å². The monoisotopic (exact) mass is 250 g/mol. The largest absolute Gasteiger partial charge is 0.326 e. The molecule has 0 spiro atoms. The van der Waals surface area contributed by atoms with Gasteiger partial charge in [0.15, 0.2) is 0 Å². The Balaban J connectivity index is 3.17. The number of benzene rings is 1. The van der Waals surface area contributed by atoms with E-state index in [9.17, 15) is 0 Å². The van der Waals surface area contributed by atoms with E-state index in [1.165, 1.54) is 0 Å². The van der Waals surface area contributed by atoms with Crippen LogP contribution in [0, 0.1) is 6.07 Å². The molecular formula is C10H11Cl3N. The Hall–Kier alpha value is 0.0500. The first-order chi connectivity index (χ1) is 6.47. The highest BCUT2D eigenvalue weighted by Gasteiger charge is 2.23. The van der Waals surface area contributed by atoms with Crippen molar-refractivity contribution in [2.24, 2.45) is 5.73 Å². The molecule has 0 aliphatic carbocycles. The molecule has 2 N–H and O–H groups in total. The minimum atomic E-state index is -1.39. The van der Waals surface area contributed by atoms with Crippen LogP contribution >= 0.6 is 34.8 Å². The summed E-state index contributed by atoms with van der Waals surface area (Å²) in [5.41, 5.74) is 8.05. The maximum atomic E-state index is 5.79. The number of nitrogens with two attached hydrogens (primary N) is 1. The summed E-state index contributed by atoms with van der Waals surface area (Å²) in [6.07, 6.45) is 0.849. The van der Waals surface area contributed by atoms with E-state index in [1.54, 1.807) is 6.07 Å². The van der Waals surface area contributed by atoms with E-state index in [0.717, 1.165) is 17.5 Å². The second-order valence-corrected chi connectivity index (χ2v) is 5.26. The van der Waals surface area contributed by atoms with Gasteiger partial charge in [0.2, 0.25) is 3.79 Å². The quantitative estimate of drug-likeness (QED) is 0.802. The van der Waals surface area contributed by atoms with Gasteiger partial charge in [0, 0.05) is 12.1 Å². The summed E-state index contributed by atoms with van der Waals surface area (Å²) in [7, 11) is 0.